The third-order valence-electron chi connectivity index (χ3n) is 4.98. The number of para-hydroxylation sites is 1. The summed E-state index contributed by atoms with van der Waals surface area (Å²) in [7, 11) is -3.56. The van der Waals surface area contributed by atoms with Crippen molar-refractivity contribution in [2.45, 2.75) is 11.4 Å². The largest absolute Gasteiger partial charge is 0.506 e. The molecule has 0 atom stereocenters. The van der Waals surface area contributed by atoms with E-state index in [1.165, 1.54) is 16.8 Å². The highest BCUT2D eigenvalue weighted by Crippen LogP contribution is 2.55. The number of anilines is 1. The number of nitrogens with zero attached hydrogens (tertiary/aromatic N) is 4. The summed E-state index contributed by atoms with van der Waals surface area (Å²) in [6.07, 6.45) is 1.40. The van der Waals surface area contributed by atoms with Crippen LogP contribution in [0.5, 0.6) is 5.75 Å². The molecule has 156 valence electrons. The fourth-order valence-corrected chi connectivity index (χ4v) is 4.71. The molecular formula is C21H17N5O4S. The van der Waals surface area contributed by atoms with E-state index in [-0.39, 0.29) is 34.2 Å². The van der Waals surface area contributed by atoms with E-state index >= 15 is 0 Å². The summed E-state index contributed by atoms with van der Waals surface area (Å²) in [5, 5.41) is 22.1. The number of amidine groups is 1. The first-order valence-electron chi connectivity index (χ1n) is 9.31. The van der Waals surface area contributed by atoms with E-state index in [1.807, 2.05) is 30.3 Å². The average molecular weight is 435 g/mol. The Bertz CT molecular complexity index is 1400. The first kappa shape index (κ1) is 19.2. The number of aromatic hydroxyl groups is 1. The highest BCUT2D eigenvalue weighted by atomic mass is 32.3. The Morgan fingerprint density at radius 1 is 1.00 bits per heavy atom. The Morgan fingerprint density at radius 3 is 2.55 bits per heavy atom. The molecule has 2 aromatic carbocycles. The quantitative estimate of drug-likeness (QED) is 0.387. The molecule has 5 rings (SSSR count). The Balaban J connectivity index is 1.75. The van der Waals surface area contributed by atoms with Crippen molar-refractivity contribution in [3.63, 3.8) is 0 Å². The average Bonchev–Trinajstić information content (AvgIpc) is 2.77. The molecule has 0 unspecified atom stereocenters. The Morgan fingerprint density at radius 2 is 1.74 bits per heavy atom. The Hall–Kier alpha value is -3.73. The van der Waals surface area contributed by atoms with Gasteiger partial charge in [0.25, 0.3) is 5.56 Å². The number of benzene rings is 2. The van der Waals surface area contributed by atoms with Crippen molar-refractivity contribution in [2.24, 2.45) is 4.40 Å². The molecule has 0 radical (unpaired) electrons. The summed E-state index contributed by atoms with van der Waals surface area (Å²) in [4.78, 5) is 13.7. The number of aromatic nitrogens is 3. The maximum absolute atomic E-state index is 13.5. The second-order valence-electron chi connectivity index (χ2n) is 6.95. The van der Waals surface area contributed by atoms with Crippen molar-refractivity contribution in [1.82, 2.24) is 14.8 Å². The van der Waals surface area contributed by atoms with Gasteiger partial charge in [-0.05, 0) is 23.8 Å². The van der Waals surface area contributed by atoms with Gasteiger partial charge in [-0.3, -0.25) is 18.5 Å². The smallest absolute Gasteiger partial charge is 0.267 e. The van der Waals surface area contributed by atoms with Crippen LogP contribution >= 0.6 is 10.8 Å². The number of pyridine rings is 1. The number of hydrogen-bond acceptors (Lipinski definition) is 8. The van der Waals surface area contributed by atoms with Crippen molar-refractivity contribution in [3.8, 4) is 5.75 Å². The predicted molar refractivity (Wildman–Crippen MR) is 119 cm³/mol. The highest BCUT2D eigenvalue weighted by Gasteiger charge is 2.30. The molecule has 31 heavy (non-hydrogen) atoms. The minimum absolute atomic E-state index is 0.123. The second-order valence-corrected chi connectivity index (χ2v) is 8.61. The lowest BCUT2D eigenvalue weighted by Crippen LogP contribution is -2.32. The molecule has 0 fully saturated rings. The SMILES string of the molecule is O=c1c(C2=NS(O)(O)c3ccccc3N2)c(O)c2ccnnc2n1Cc1ccccc1. The van der Waals surface area contributed by atoms with Crippen molar-refractivity contribution >= 4 is 33.3 Å². The normalized spacial score (nSPS) is 15.6. The van der Waals surface area contributed by atoms with Gasteiger partial charge in [-0.25, -0.2) is 0 Å². The zero-order valence-electron chi connectivity index (χ0n) is 16.0. The van der Waals surface area contributed by atoms with Crippen molar-refractivity contribution in [2.75, 3.05) is 5.32 Å². The molecule has 0 amide bonds. The van der Waals surface area contributed by atoms with E-state index in [2.05, 4.69) is 19.9 Å². The molecular weight excluding hydrogens is 418 g/mol. The minimum atomic E-state index is -3.56. The molecule has 9 nitrogen and oxygen atoms in total. The third kappa shape index (κ3) is 3.22. The van der Waals surface area contributed by atoms with E-state index in [0.717, 1.165) is 5.56 Å². The van der Waals surface area contributed by atoms with Crippen LogP contribution in [0.3, 0.4) is 0 Å². The summed E-state index contributed by atoms with van der Waals surface area (Å²) in [5.74, 6) is -0.484. The van der Waals surface area contributed by atoms with Crippen LogP contribution in [0.2, 0.25) is 0 Å². The van der Waals surface area contributed by atoms with Gasteiger partial charge in [0.2, 0.25) is 0 Å². The Labute approximate surface area is 177 Å². The molecule has 0 bridgehead atoms. The molecule has 2 aromatic heterocycles. The van der Waals surface area contributed by atoms with Gasteiger partial charge in [0.05, 0.1) is 23.8 Å². The molecule has 1 aliphatic rings. The maximum atomic E-state index is 13.5. The molecule has 0 aliphatic carbocycles. The lowest BCUT2D eigenvalue weighted by atomic mass is 10.1. The van der Waals surface area contributed by atoms with Gasteiger partial charge in [0.1, 0.15) is 16.2 Å². The van der Waals surface area contributed by atoms with Crippen LogP contribution in [0.15, 0.2) is 80.9 Å². The number of hydrogen-bond donors (Lipinski definition) is 4. The van der Waals surface area contributed by atoms with E-state index in [9.17, 15) is 19.0 Å². The topological polar surface area (TPSA) is 133 Å². The van der Waals surface area contributed by atoms with Crippen LogP contribution in [0, 0.1) is 0 Å². The van der Waals surface area contributed by atoms with Crippen LogP contribution < -0.4 is 10.9 Å². The van der Waals surface area contributed by atoms with Gasteiger partial charge < -0.3 is 10.4 Å². The summed E-state index contributed by atoms with van der Waals surface area (Å²) < 4.78 is 26.5. The zero-order valence-corrected chi connectivity index (χ0v) is 16.8. The lowest BCUT2D eigenvalue weighted by Gasteiger charge is -2.34. The standard InChI is InChI=1S/C21H17N5O4S/c27-18-14-10-11-22-24-20(14)26(12-13-6-2-1-3-7-13)21(28)17(18)19-23-15-8-4-5-9-16(15)31(29,30)25-19/h1-11,27,29-30H,12H2,(H,23,25). The predicted octanol–water partition coefficient (Wildman–Crippen LogP) is 3.44. The van der Waals surface area contributed by atoms with E-state index in [0.29, 0.717) is 11.1 Å². The number of rotatable bonds is 3. The van der Waals surface area contributed by atoms with Gasteiger partial charge in [-0.1, -0.05) is 53.2 Å². The zero-order chi connectivity index (χ0) is 21.6. The second kappa shape index (κ2) is 7.20. The summed E-state index contributed by atoms with van der Waals surface area (Å²) in [6, 6.07) is 17.4. The fourth-order valence-electron chi connectivity index (χ4n) is 3.55. The summed E-state index contributed by atoms with van der Waals surface area (Å²) in [6.45, 7) is 0.183. The van der Waals surface area contributed by atoms with E-state index in [4.69, 9.17) is 0 Å². The van der Waals surface area contributed by atoms with Crippen LogP contribution in [0.1, 0.15) is 11.1 Å². The van der Waals surface area contributed by atoms with Crippen LogP contribution in [-0.2, 0) is 6.54 Å². The molecule has 4 N–H and O–H groups in total. The van der Waals surface area contributed by atoms with Crippen molar-refractivity contribution in [3.05, 3.63) is 88.3 Å². The fraction of sp³-hybridized carbons (Fsp3) is 0.0476. The van der Waals surface area contributed by atoms with E-state index in [1.54, 1.807) is 24.3 Å². The first-order valence-corrected chi connectivity index (χ1v) is 10.8. The maximum Gasteiger partial charge on any atom is 0.267 e. The lowest BCUT2D eigenvalue weighted by molar-refractivity contribution is 0.477. The molecule has 0 saturated carbocycles. The van der Waals surface area contributed by atoms with Crippen LogP contribution in [0.25, 0.3) is 11.0 Å². The number of nitrogens with one attached hydrogen (secondary N) is 1. The van der Waals surface area contributed by atoms with Gasteiger partial charge in [0.15, 0.2) is 11.5 Å². The van der Waals surface area contributed by atoms with Crippen LogP contribution in [0.4, 0.5) is 5.69 Å². The van der Waals surface area contributed by atoms with Crippen LogP contribution in [-0.4, -0.2) is 34.8 Å². The monoisotopic (exact) mass is 435 g/mol. The molecule has 10 heteroatoms. The first-order chi connectivity index (χ1) is 15.0. The Kier molecular flexibility index (Phi) is 4.47. The van der Waals surface area contributed by atoms with Gasteiger partial charge in [-0.15, -0.1) is 9.50 Å². The van der Waals surface area contributed by atoms with Gasteiger partial charge in [-0.2, -0.15) is 5.10 Å². The molecule has 0 spiro atoms. The van der Waals surface area contributed by atoms with Gasteiger partial charge >= 0.3 is 0 Å². The molecule has 0 saturated heterocycles. The van der Waals surface area contributed by atoms with Crippen molar-refractivity contribution in [1.29, 1.82) is 0 Å². The number of fused-ring (bicyclic) bond motifs is 2. The van der Waals surface area contributed by atoms with Gasteiger partial charge in [0, 0.05) is 0 Å². The molecule has 4 aromatic rings. The highest BCUT2D eigenvalue weighted by molar-refractivity contribution is 8.23. The van der Waals surface area contributed by atoms with E-state index < -0.39 is 16.3 Å². The van der Waals surface area contributed by atoms with Crippen molar-refractivity contribution < 1.29 is 14.2 Å². The molecule has 1 aliphatic heterocycles. The summed E-state index contributed by atoms with van der Waals surface area (Å²) in [5.41, 5.74) is 0.692. The third-order valence-corrected chi connectivity index (χ3v) is 6.37. The molecule has 3 heterocycles. The summed E-state index contributed by atoms with van der Waals surface area (Å²) >= 11 is 0. The minimum Gasteiger partial charge on any atom is -0.506 e.